The van der Waals surface area contributed by atoms with Gasteiger partial charge in [-0.05, 0) is 26.7 Å². The number of ketones is 2. The van der Waals surface area contributed by atoms with Crippen molar-refractivity contribution in [2.75, 3.05) is 6.54 Å². The third-order valence-electron chi connectivity index (χ3n) is 9.60. The summed E-state index contributed by atoms with van der Waals surface area (Å²) in [6.07, 6.45) is 33.3. The zero-order chi connectivity index (χ0) is 35.2. The van der Waals surface area contributed by atoms with Crippen LogP contribution in [0.3, 0.4) is 0 Å². The van der Waals surface area contributed by atoms with Crippen LogP contribution < -0.4 is 5.73 Å². The minimum atomic E-state index is -4.67. The number of nitrogens with two attached hydrogens (primary N) is 1. The van der Waals surface area contributed by atoms with E-state index in [1.165, 1.54) is 128 Å². The van der Waals surface area contributed by atoms with E-state index in [2.05, 4.69) is 13.8 Å². The Kier molecular flexibility index (Phi) is 31.0. The molecular weight excluding hydrogens is 602 g/mol. The van der Waals surface area contributed by atoms with Crippen LogP contribution >= 0.6 is 0 Å². The Hall–Kier alpha value is -0.870. The van der Waals surface area contributed by atoms with Gasteiger partial charge in [0.1, 0.15) is 17.0 Å². The standard InChI is InChI=1S/C37H73NO3.H2O4S/c1-5-7-9-11-13-15-17-19-21-23-25-27-29-31-34(39)37(4,36(3,41)33-38)35(40)32-30-28-26-24-22-20-18-16-14-12-10-8-6-2;1-5(2,3)4/h41H,5-33,38H2,1-4H3;(H2,1,2,3,4). The summed E-state index contributed by atoms with van der Waals surface area (Å²) in [7, 11) is -4.67. The van der Waals surface area contributed by atoms with Crippen molar-refractivity contribution in [1.82, 2.24) is 0 Å². The van der Waals surface area contributed by atoms with Crippen LogP contribution in [0.4, 0.5) is 0 Å². The van der Waals surface area contributed by atoms with E-state index >= 15 is 0 Å². The maximum atomic E-state index is 13.3. The van der Waals surface area contributed by atoms with Crippen molar-refractivity contribution in [3.8, 4) is 0 Å². The molecule has 0 fully saturated rings. The quantitative estimate of drug-likeness (QED) is 0.0311. The van der Waals surface area contributed by atoms with E-state index in [9.17, 15) is 14.7 Å². The maximum absolute atomic E-state index is 13.3. The third kappa shape index (κ3) is 27.1. The molecule has 0 aromatic carbocycles. The SMILES string of the molecule is CCCCCCCCCCCCCCCC(=O)C(C)(C(=O)CCCCCCCCCCCCCCC)C(C)(O)CN.O=S(=O)(O)O. The highest BCUT2D eigenvalue weighted by molar-refractivity contribution is 7.79. The molecule has 0 bridgehead atoms. The first-order chi connectivity index (χ1) is 21.8. The zero-order valence-electron chi connectivity index (χ0n) is 30.5. The summed E-state index contributed by atoms with van der Waals surface area (Å²) in [5, 5.41) is 11.0. The summed E-state index contributed by atoms with van der Waals surface area (Å²) >= 11 is 0. The summed E-state index contributed by atoms with van der Waals surface area (Å²) < 4.78 is 31.6. The van der Waals surface area contributed by atoms with Crippen molar-refractivity contribution in [2.24, 2.45) is 11.1 Å². The molecule has 0 aliphatic carbocycles. The van der Waals surface area contributed by atoms with Crippen molar-refractivity contribution in [2.45, 2.75) is 213 Å². The number of carbonyl (C=O) groups excluding carboxylic acids is 2. The fraction of sp³-hybridized carbons (Fsp3) is 0.946. The summed E-state index contributed by atoms with van der Waals surface area (Å²) in [5.41, 5.74) is 2.95. The van der Waals surface area contributed by atoms with Crippen LogP contribution in [0.5, 0.6) is 0 Å². The van der Waals surface area contributed by atoms with Crippen LogP contribution in [0.2, 0.25) is 0 Å². The van der Waals surface area contributed by atoms with E-state index in [1.54, 1.807) is 13.8 Å². The average molecular weight is 678 g/mol. The molecule has 0 rings (SSSR count). The van der Waals surface area contributed by atoms with E-state index < -0.39 is 21.4 Å². The Morgan fingerprint density at radius 2 is 0.696 bits per heavy atom. The number of hydrogen-bond donors (Lipinski definition) is 4. The number of unbranched alkanes of at least 4 members (excludes halogenated alkanes) is 24. The number of hydrogen-bond acceptors (Lipinski definition) is 6. The lowest BCUT2D eigenvalue weighted by molar-refractivity contribution is -0.156. The molecule has 0 saturated heterocycles. The summed E-state index contributed by atoms with van der Waals surface area (Å²) in [5.74, 6) is -0.258. The summed E-state index contributed by atoms with van der Waals surface area (Å²) in [4.78, 5) is 26.6. The van der Waals surface area contributed by atoms with Crippen LogP contribution in [-0.4, -0.2) is 46.3 Å². The number of carbonyl (C=O) groups is 2. The predicted octanol–water partition coefficient (Wildman–Crippen LogP) is 10.2. The highest BCUT2D eigenvalue weighted by atomic mass is 32.3. The smallest absolute Gasteiger partial charge is 0.387 e. The highest BCUT2D eigenvalue weighted by Gasteiger charge is 2.52. The summed E-state index contributed by atoms with van der Waals surface area (Å²) in [6.45, 7) is 7.66. The van der Waals surface area contributed by atoms with Crippen molar-refractivity contribution in [3.05, 3.63) is 0 Å². The first-order valence-electron chi connectivity index (χ1n) is 19.0. The number of Topliss-reactive ketones (excluding diaryl/α,β-unsaturated/α-hetero) is 2. The molecule has 276 valence electrons. The van der Waals surface area contributed by atoms with E-state index in [0.717, 1.165) is 38.5 Å². The number of aliphatic hydroxyl groups is 1. The van der Waals surface area contributed by atoms with Gasteiger partial charge in [-0.1, -0.05) is 168 Å². The number of rotatable bonds is 32. The molecule has 0 aromatic heterocycles. The molecular formula is C37H75NO7S. The molecule has 9 heteroatoms. The fourth-order valence-corrected chi connectivity index (χ4v) is 6.07. The zero-order valence-corrected chi connectivity index (χ0v) is 31.3. The van der Waals surface area contributed by atoms with Crippen molar-refractivity contribution in [1.29, 1.82) is 0 Å². The molecule has 8 nitrogen and oxygen atoms in total. The molecule has 5 N–H and O–H groups in total. The second-order valence-corrected chi connectivity index (χ2v) is 14.8. The molecule has 0 aliphatic rings. The van der Waals surface area contributed by atoms with Gasteiger partial charge in [-0.25, -0.2) is 0 Å². The topological polar surface area (TPSA) is 155 Å². The van der Waals surface area contributed by atoms with E-state index in [4.69, 9.17) is 23.3 Å². The first-order valence-corrected chi connectivity index (χ1v) is 20.4. The monoisotopic (exact) mass is 678 g/mol. The Balaban J connectivity index is 0. The van der Waals surface area contributed by atoms with Crippen LogP contribution in [0.1, 0.15) is 207 Å². The van der Waals surface area contributed by atoms with Crippen LogP contribution in [-0.2, 0) is 20.0 Å². The highest BCUT2D eigenvalue weighted by Crippen LogP contribution is 2.36. The lowest BCUT2D eigenvalue weighted by atomic mass is 9.66. The van der Waals surface area contributed by atoms with Crippen molar-refractivity contribution in [3.63, 3.8) is 0 Å². The van der Waals surface area contributed by atoms with Gasteiger partial charge in [0.2, 0.25) is 0 Å². The second-order valence-electron chi connectivity index (χ2n) is 13.9. The molecule has 1 unspecified atom stereocenters. The van der Waals surface area contributed by atoms with Crippen LogP contribution in [0.15, 0.2) is 0 Å². The molecule has 0 aliphatic heterocycles. The van der Waals surface area contributed by atoms with Gasteiger partial charge in [0.05, 0.1) is 5.60 Å². The molecule has 1 atom stereocenters. The van der Waals surface area contributed by atoms with Crippen LogP contribution in [0, 0.1) is 5.41 Å². The molecule has 46 heavy (non-hydrogen) atoms. The van der Waals surface area contributed by atoms with Gasteiger partial charge in [0.15, 0.2) is 0 Å². The fourth-order valence-electron chi connectivity index (χ4n) is 6.07. The summed E-state index contributed by atoms with van der Waals surface area (Å²) in [6, 6.07) is 0. The molecule has 0 radical (unpaired) electrons. The first kappa shape index (κ1) is 47.2. The van der Waals surface area contributed by atoms with Gasteiger partial charge in [-0.2, -0.15) is 8.42 Å². The minimum absolute atomic E-state index is 0.0851. The van der Waals surface area contributed by atoms with Gasteiger partial charge in [-0.3, -0.25) is 18.7 Å². The van der Waals surface area contributed by atoms with Gasteiger partial charge in [0.25, 0.3) is 0 Å². The van der Waals surface area contributed by atoms with E-state index in [-0.39, 0.29) is 18.1 Å². The molecule has 0 heterocycles. The minimum Gasteiger partial charge on any atom is -0.387 e. The van der Waals surface area contributed by atoms with Gasteiger partial charge in [-0.15, -0.1) is 0 Å². The van der Waals surface area contributed by atoms with E-state index in [0.29, 0.717) is 12.8 Å². The van der Waals surface area contributed by atoms with Gasteiger partial charge in [0, 0.05) is 19.4 Å². The lowest BCUT2D eigenvalue weighted by Gasteiger charge is -2.39. The van der Waals surface area contributed by atoms with Gasteiger partial charge < -0.3 is 10.8 Å². The largest absolute Gasteiger partial charge is 0.394 e. The van der Waals surface area contributed by atoms with Crippen molar-refractivity contribution >= 4 is 22.0 Å². The molecule has 0 aromatic rings. The Morgan fingerprint density at radius 1 is 0.500 bits per heavy atom. The molecule has 0 amide bonds. The predicted molar refractivity (Wildman–Crippen MR) is 193 cm³/mol. The Morgan fingerprint density at radius 3 is 0.891 bits per heavy atom. The van der Waals surface area contributed by atoms with Crippen LogP contribution in [0.25, 0.3) is 0 Å². The molecule has 0 spiro atoms. The second kappa shape index (κ2) is 30.2. The normalized spacial score (nSPS) is 13.2. The van der Waals surface area contributed by atoms with Gasteiger partial charge >= 0.3 is 10.4 Å². The van der Waals surface area contributed by atoms with Crippen molar-refractivity contribution < 1.29 is 32.2 Å². The lowest BCUT2D eigenvalue weighted by Crippen LogP contribution is -2.58. The third-order valence-corrected chi connectivity index (χ3v) is 9.60. The Labute approximate surface area is 284 Å². The maximum Gasteiger partial charge on any atom is 0.394 e. The molecule has 0 saturated carbocycles. The average Bonchev–Trinajstić information content (AvgIpc) is 3.00. The van der Waals surface area contributed by atoms with E-state index in [1.807, 2.05) is 0 Å². The Bertz CT molecular complexity index is 780.